The molecule has 0 bridgehead atoms. The SMILES string of the molecule is O=C(CCc1ccccc1)c1cc(F)ccc1OCC(O)CN1CCN(c2ccc(Cl)cc2)CC1. The van der Waals surface area contributed by atoms with Crippen molar-refractivity contribution < 1.29 is 19.0 Å². The number of Topliss-reactive ketones (excluding diaryl/α,β-unsaturated/α-hetero) is 1. The first kappa shape index (κ1) is 25.2. The van der Waals surface area contributed by atoms with Crippen molar-refractivity contribution in [2.24, 2.45) is 0 Å². The van der Waals surface area contributed by atoms with Crippen LogP contribution in [0.5, 0.6) is 5.75 Å². The van der Waals surface area contributed by atoms with E-state index in [4.69, 9.17) is 16.3 Å². The van der Waals surface area contributed by atoms with Crippen LogP contribution in [0, 0.1) is 5.82 Å². The Labute approximate surface area is 210 Å². The minimum absolute atomic E-state index is 0.0298. The highest BCUT2D eigenvalue weighted by atomic mass is 35.5. The number of β-amino-alcohol motifs (C(OH)–C–C–N with tert-alkyl or cyclic N) is 1. The average molecular weight is 497 g/mol. The number of aliphatic hydroxyl groups excluding tert-OH is 1. The molecule has 1 heterocycles. The zero-order valence-electron chi connectivity index (χ0n) is 19.6. The van der Waals surface area contributed by atoms with Crippen LogP contribution in [-0.4, -0.2) is 61.2 Å². The van der Waals surface area contributed by atoms with Gasteiger partial charge in [-0.3, -0.25) is 9.69 Å². The number of nitrogens with zero attached hydrogens (tertiary/aromatic N) is 2. The Hall–Kier alpha value is -2.93. The molecule has 1 atom stereocenters. The van der Waals surface area contributed by atoms with E-state index in [0.29, 0.717) is 18.7 Å². The highest BCUT2D eigenvalue weighted by Gasteiger charge is 2.21. The fourth-order valence-electron chi connectivity index (χ4n) is 4.26. The third-order valence-corrected chi connectivity index (χ3v) is 6.44. The van der Waals surface area contributed by atoms with E-state index in [-0.39, 0.29) is 24.4 Å². The average Bonchev–Trinajstić information content (AvgIpc) is 2.88. The number of rotatable bonds is 10. The molecule has 3 aromatic carbocycles. The third kappa shape index (κ3) is 7.28. The van der Waals surface area contributed by atoms with Crippen molar-refractivity contribution in [3.8, 4) is 5.75 Å². The van der Waals surface area contributed by atoms with Crippen LogP contribution in [0.4, 0.5) is 10.1 Å². The van der Waals surface area contributed by atoms with Gasteiger partial charge in [0.2, 0.25) is 0 Å². The summed E-state index contributed by atoms with van der Waals surface area (Å²) in [6, 6.07) is 21.5. The fraction of sp³-hybridized carbons (Fsp3) is 0.321. The topological polar surface area (TPSA) is 53.0 Å². The van der Waals surface area contributed by atoms with Gasteiger partial charge in [-0.05, 0) is 54.4 Å². The number of halogens is 2. The van der Waals surface area contributed by atoms with Crippen molar-refractivity contribution >= 4 is 23.1 Å². The standard InChI is InChI=1S/C28H30ClFN2O3/c29-22-7-10-24(11-8-22)32-16-14-31(15-17-32)19-25(33)20-35-28-13-9-23(30)18-26(28)27(34)12-6-21-4-2-1-3-5-21/h1-5,7-11,13,18,25,33H,6,12,14-17,19-20H2. The Balaban J connectivity index is 1.26. The highest BCUT2D eigenvalue weighted by Crippen LogP contribution is 2.23. The van der Waals surface area contributed by atoms with Crippen molar-refractivity contribution in [1.82, 2.24) is 4.90 Å². The van der Waals surface area contributed by atoms with Crippen LogP contribution in [0.1, 0.15) is 22.3 Å². The van der Waals surface area contributed by atoms with Gasteiger partial charge in [0.1, 0.15) is 24.3 Å². The second-order valence-electron chi connectivity index (χ2n) is 8.78. The number of anilines is 1. The molecule has 0 aromatic heterocycles. The van der Waals surface area contributed by atoms with Crippen LogP contribution < -0.4 is 9.64 Å². The van der Waals surface area contributed by atoms with Crippen LogP contribution in [0.25, 0.3) is 0 Å². The van der Waals surface area contributed by atoms with Gasteiger partial charge in [0.05, 0.1) is 5.56 Å². The Morgan fingerprint density at radius 2 is 1.71 bits per heavy atom. The summed E-state index contributed by atoms with van der Waals surface area (Å²) in [5.74, 6) is -0.369. The maximum absolute atomic E-state index is 13.9. The lowest BCUT2D eigenvalue weighted by molar-refractivity contribution is 0.0655. The molecule has 4 rings (SSSR count). The summed E-state index contributed by atoms with van der Waals surface area (Å²) in [6.07, 6.45) is 0.0965. The Kier molecular flexibility index (Phi) is 8.74. The van der Waals surface area contributed by atoms with Gasteiger partial charge in [-0.15, -0.1) is 0 Å². The normalized spacial score (nSPS) is 15.1. The van der Waals surface area contributed by atoms with E-state index in [0.717, 1.165) is 42.5 Å². The van der Waals surface area contributed by atoms with Gasteiger partial charge in [-0.25, -0.2) is 4.39 Å². The number of ether oxygens (including phenoxy) is 1. The first-order valence-corrected chi connectivity index (χ1v) is 12.3. The monoisotopic (exact) mass is 496 g/mol. The minimum Gasteiger partial charge on any atom is -0.490 e. The molecule has 1 saturated heterocycles. The van der Waals surface area contributed by atoms with Crippen LogP contribution >= 0.6 is 11.6 Å². The summed E-state index contributed by atoms with van der Waals surface area (Å²) in [7, 11) is 0. The summed E-state index contributed by atoms with van der Waals surface area (Å²) >= 11 is 5.98. The van der Waals surface area contributed by atoms with Crippen molar-refractivity contribution in [3.63, 3.8) is 0 Å². The molecule has 1 aliphatic rings. The smallest absolute Gasteiger partial charge is 0.167 e. The van der Waals surface area contributed by atoms with E-state index in [9.17, 15) is 14.3 Å². The number of aliphatic hydroxyl groups is 1. The van der Waals surface area contributed by atoms with Crippen molar-refractivity contribution in [2.75, 3.05) is 44.2 Å². The molecule has 0 saturated carbocycles. The first-order valence-electron chi connectivity index (χ1n) is 11.9. The maximum Gasteiger partial charge on any atom is 0.167 e. The van der Waals surface area contributed by atoms with Gasteiger partial charge in [-0.1, -0.05) is 41.9 Å². The van der Waals surface area contributed by atoms with Crippen LogP contribution in [-0.2, 0) is 6.42 Å². The predicted octanol–water partition coefficient (Wildman–Crippen LogP) is 4.86. The molecule has 7 heteroatoms. The number of carbonyl (C=O) groups is 1. The number of carbonyl (C=O) groups excluding carboxylic acids is 1. The molecule has 1 fully saturated rings. The number of aryl methyl sites for hydroxylation is 1. The van der Waals surface area contributed by atoms with Crippen LogP contribution in [0.15, 0.2) is 72.8 Å². The van der Waals surface area contributed by atoms with Gasteiger partial charge in [0.15, 0.2) is 5.78 Å². The molecule has 3 aromatic rings. The fourth-order valence-corrected chi connectivity index (χ4v) is 4.39. The molecule has 1 aliphatic heterocycles. The van der Waals surface area contributed by atoms with Gasteiger partial charge < -0.3 is 14.7 Å². The summed E-state index contributed by atoms with van der Waals surface area (Å²) in [4.78, 5) is 17.3. The van der Waals surface area contributed by atoms with E-state index in [1.165, 1.54) is 18.2 Å². The number of hydrogen-bond acceptors (Lipinski definition) is 5. The first-order chi connectivity index (χ1) is 17.0. The minimum atomic E-state index is -0.727. The molecule has 0 radical (unpaired) electrons. The second kappa shape index (κ2) is 12.2. The molecule has 0 spiro atoms. The molecule has 5 nitrogen and oxygen atoms in total. The second-order valence-corrected chi connectivity index (χ2v) is 9.21. The molecule has 1 unspecified atom stereocenters. The molecule has 35 heavy (non-hydrogen) atoms. The lowest BCUT2D eigenvalue weighted by Crippen LogP contribution is -2.49. The number of hydrogen-bond donors (Lipinski definition) is 1. The third-order valence-electron chi connectivity index (χ3n) is 6.19. The lowest BCUT2D eigenvalue weighted by atomic mass is 10.0. The van der Waals surface area contributed by atoms with E-state index < -0.39 is 11.9 Å². The van der Waals surface area contributed by atoms with Crippen molar-refractivity contribution in [3.05, 3.63) is 94.8 Å². The largest absolute Gasteiger partial charge is 0.490 e. The van der Waals surface area contributed by atoms with E-state index >= 15 is 0 Å². The Bertz CT molecular complexity index is 1100. The molecule has 0 aliphatic carbocycles. The molecular formula is C28H30ClFN2O3. The molecule has 0 amide bonds. The zero-order chi connectivity index (χ0) is 24.6. The van der Waals surface area contributed by atoms with Gasteiger partial charge >= 0.3 is 0 Å². The van der Waals surface area contributed by atoms with E-state index in [1.807, 2.05) is 54.6 Å². The van der Waals surface area contributed by atoms with Crippen LogP contribution in [0.2, 0.25) is 5.02 Å². The van der Waals surface area contributed by atoms with Gasteiger partial charge in [-0.2, -0.15) is 0 Å². The molecule has 1 N–H and O–H groups in total. The summed E-state index contributed by atoms with van der Waals surface area (Å²) in [5, 5.41) is 11.3. The van der Waals surface area contributed by atoms with Crippen molar-refractivity contribution in [2.45, 2.75) is 18.9 Å². The zero-order valence-corrected chi connectivity index (χ0v) is 20.3. The van der Waals surface area contributed by atoms with Gasteiger partial charge in [0.25, 0.3) is 0 Å². The van der Waals surface area contributed by atoms with Gasteiger partial charge in [0, 0.05) is 49.9 Å². The molecular weight excluding hydrogens is 467 g/mol. The Morgan fingerprint density at radius 1 is 1.00 bits per heavy atom. The number of piperazine rings is 1. The predicted molar refractivity (Wildman–Crippen MR) is 137 cm³/mol. The highest BCUT2D eigenvalue weighted by molar-refractivity contribution is 6.30. The summed E-state index contributed by atoms with van der Waals surface area (Å²) in [6.45, 7) is 3.84. The summed E-state index contributed by atoms with van der Waals surface area (Å²) in [5.41, 5.74) is 2.40. The summed E-state index contributed by atoms with van der Waals surface area (Å²) < 4.78 is 19.7. The number of ketones is 1. The Morgan fingerprint density at radius 3 is 2.43 bits per heavy atom. The lowest BCUT2D eigenvalue weighted by Gasteiger charge is -2.36. The van der Waals surface area contributed by atoms with Crippen LogP contribution in [0.3, 0.4) is 0 Å². The number of benzene rings is 3. The van der Waals surface area contributed by atoms with Crippen molar-refractivity contribution in [1.29, 1.82) is 0 Å². The molecule has 184 valence electrons. The maximum atomic E-state index is 13.9. The van der Waals surface area contributed by atoms with E-state index in [2.05, 4.69) is 9.80 Å². The quantitative estimate of drug-likeness (QED) is 0.406. The van der Waals surface area contributed by atoms with E-state index in [1.54, 1.807) is 0 Å².